The topological polar surface area (TPSA) is 107 Å². The zero-order valence-corrected chi connectivity index (χ0v) is 21.0. The second-order valence-electron chi connectivity index (χ2n) is 9.30. The highest BCUT2D eigenvalue weighted by molar-refractivity contribution is 5.94. The molecule has 1 amide bonds. The molecule has 0 aliphatic rings. The van der Waals surface area contributed by atoms with Crippen molar-refractivity contribution in [2.75, 3.05) is 13.1 Å². The van der Waals surface area contributed by atoms with E-state index in [0.29, 0.717) is 43.0 Å². The molecule has 36 heavy (non-hydrogen) atoms. The third-order valence-electron chi connectivity index (χ3n) is 6.23. The van der Waals surface area contributed by atoms with Crippen LogP contribution in [-0.2, 0) is 6.54 Å². The lowest BCUT2D eigenvalue weighted by molar-refractivity contribution is 0.0602. The van der Waals surface area contributed by atoms with Crippen molar-refractivity contribution in [3.05, 3.63) is 100.0 Å². The summed E-state index contributed by atoms with van der Waals surface area (Å²) in [6.45, 7) is 7.25. The van der Waals surface area contributed by atoms with Gasteiger partial charge in [-0.25, -0.2) is 15.0 Å². The van der Waals surface area contributed by atoms with Crippen molar-refractivity contribution in [2.45, 2.75) is 39.8 Å². The molecule has 0 fully saturated rings. The summed E-state index contributed by atoms with van der Waals surface area (Å²) in [5, 5.41) is 0. The molecule has 0 aliphatic heterocycles. The molecule has 2 aromatic heterocycles. The minimum atomic E-state index is -0.466. The normalized spacial score (nSPS) is 12.1. The Hall–Kier alpha value is -3.91. The summed E-state index contributed by atoms with van der Waals surface area (Å²) in [6.07, 6.45) is 3.52. The lowest BCUT2D eigenvalue weighted by Crippen LogP contribution is -2.42. The van der Waals surface area contributed by atoms with E-state index in [1.165, 1.54) is 6.33 Å². The summed E-state index contributed by atoms with van der Waals surface area (Å²) in [7, 11) is 0. The maximum absolute atomic E-state index is 13.8. The first kappa shape index (κ1) is 25.2. The Morgan fingerprint density at radius 2 is 1.81 bits per heavy atom. The first-order valence-electron chi connectivity index (χ1n) is 12.2. The fourth-order valence-electron chi connectivity index (χ4n) is 4.42. The molecule has 4 aromatic rings. The molecule has 0 spiro atoms. The Morgan fingerprint density at radius 1 is 1.08 bits per heavy atom. The molecule has 8 heteroatoms. The highest BCUT2D eigenvalue weighted by Crippen LogP contribution is 2.30. The Labute approximate surface area is 210 Å². The van der Waals surface area contributed by atoms with Gasteiger partial charge in [-0.2, -0.15) is 0 Å². The van der Waals surface area contributed by atoms with Crippen molar-refractivity contribution in [3.8, 4) is 0 Å². The Balaban J connectivity index is 1.91. The predicted octanol–water partition coefficient (Wildman–Crippen LogP) is 3.73. The monoisotopic (exact) mass is 484 g/mol. The molecule has 2 heterocycles. The molecule has 186 valence electrons. The largest absolute Gasteiger partial charge is 0.330 e. The third-order valence-corrected chi connectivity index (χ3v) is 6.23. The molecule has 0 bridgehead atoms. The number of carbonyl (C=O) groups excluding carboxylic acids is 1. The van der Waals surface area contributed by atoms with Crippen LogP contribution < -0.4 is 11.3 Å². The van der Waals surface area contributed by atoms with Crippen LogP contribution in [0, 0.1) is 12.8 Å². The summed E-state index contributed by atoms with van der Waals surface area (Å²) in [5.41, 5.74) is 8.89. The van der Waals surface area contributed by atoms with Crippen molar-refractivity contribution in [2.24, 2.45) is 11.7 Å². The van der Waals surface area contributed by atoms with Crippen LogP contribution in [0.4, 0.5) is 0 Å². The summed E-state index contributed by atoms with van der Waals surface area (Å²) >= 11 is 0. The van der Waals surface area contributed by atoms with Gasteiger partial charge in [-0.05, 0) is 43.5 Å². The van der Waals surface area contributed by atoms with E-state index in [1.807, 2.05) is 75.4 Å². The highest BCUT2D eigenvalue weighted by Gasteiger charge is 2.32. The predicted molar refractivity (Wildman–Crippen MR) is 141 cm³/mol. The van der Waals surface area contributed by atoms with Crippen LogP contribution >= 0.6 is 0 Å². The first-order chi connectivity index (χ1) is 17.4. The highest BCUT2D eigenvalue weighted by atomic mass is 16.2. The quantitative estimate of drug-likeness (QED) is 0.388. The van der Waals surface area contributed by atoms with Gasteiger partial charge in [-0.3, -0.25) is 14.2 Å². The number of hydrogen-bond donors (Lipinski definition) is 1. The zero-order valence-electron chi connectivity index (χ0n) is 21.0. The second kappa shape index (κ2) is 11.2. The van der Waals surface area contributed by atoms with E-state index in [9.17, 15) is 9.59 Å². The van der Waals surface area contributed by atoms with Crippen molar-refractivity contribution in [1.29, 1.82) is 0 Å². The number of rotatable bonds is 9. The fourth-order valence-corrected chi connectivity index (χ4v) is 4.42. The zero-order chi connectivity index (χ0) is 25.7. The SMILES string of the molecule is Cc1ccc(C(=O)N(CCCN)C(c2nc3cncnc3c(=O)n2Cc2ccccc2)C(C)C)cc1. The molecule has 0 radical (unpaired) electrons. The minimum Gasteiger partial charge on any atom is -0.330 e. The van der Waals surface area contributed by atoms with E-state index in [2.05, 4.69) is 9.97 Å². The average molecular weight is 485 g/mol. The van der Waals surface area contributed by atoms with E-state index in [-0.39, 0.29) is 22.9 Å². The van der Waals surface area contributed by atoms with E-state index in [1.54, 1.807) is 15.7 Å². The fraction of sp³-hybridized carbons (Fsp3) is 0.321. The number of nitrogens with two attached hydrogens (primary N) is 1. The molecule has 2 aromatic carbocycles. The second-order valence-corrected chi connectivity index (χ2v) is 9.30. The standard InChI is InChI=1S/C28H32N6O2/c1-19(2)25(33(15-7-14-29)27(35)22-12-10-20(3)11-13-22)26-32-23-16-30-18-31-24(23)28(36)34(26)17-21-8-5-4-6-9-21/h4-6,8-13,16,18-19,25H,7,14-15,17,29H2,1-3H3. The molecular weight excluding hydrogens is 452 g/mol. The molecular formula is C28H32N6O2. The number of fused-ring (bicyclic) bond motifs is 1. The summed E-state index contributed by atoms with van der Waals surface area (Å²) in [5.74, 6) is 0.360. The van der Waals surface area contributed by atoms with E-state index in [0.717, 1.165) is 11.1 Å². The Kier molecular flexibility index (Phi) is 7.85. The van der Waals surface area contributed by atoms with Crippen molar-refractivity contribution < 1.29 is 4.79 Å². The lowest BCUT2D eigenvalue weighted by atomic mass is 9.98. The molecule has 4 rings (SSSR count). The molecule has 2 N–H and O–H groups in total. The summed E-state index contributed by atoms with van der Waals surface area (Å²) in [6, 6.07) is 16.8. The maximum Gasteiger partial charge on any atom is 0.280 e. The Morgan fingerprint density at radius 3 is 2.47 bits per heavy atom. The first-order valence-corrected chi connectivity index (χ1v) is 12.2. The number of carbonyl (C=O) groups is 1. The van der Waals surface area contributed by atoms with Gasteiger partial charge in [-0.1, -0.05) is 61.9 Å². The van der Waals surface area contributed by atoms with Gasteiger partial charge in [-0.15, -0.1) is 0 Å². The number of amides is 1. The number of nitrogens with zero attached hydrogens (tertiary/aromatic N) is 5. The van der Waals surface area contributed by atoms with Crippen LogP contribution in [0.15, 0.2) is 71.9 Å². The van der Waals surface area contributed by atoms with Gasteiger partial charge in [0.1, 0.15) is 17.7 Å². The molecule has 0 saturated carbocycles. The van der Waals surface area contributed by atoms with Crippen molar-refractivity contribution in [1.82, 2.24) is 24.4 Å². The van der Waals surface area contributed by atoms with Crippen LogP contribution in [0.1, 0.15) is 53.6 Å². The number of aromatic nitrogens is 4. The number of aryl methyl sites for hydroxylation is 1. The van der Waals surface area contributed by atoms with E-state index >= 15 is 0 Å². The number of hydrogen-bond acceptors (Lipinski definition) is 6. The third kappa shape index (κ3) is 5.33. The van der Waals surface area contributed by atoms with Crippen LogP contribution in [0.5, 0.6) is 0 Å². The van der Waals surface area contributed by atoms with Crippen molar-refractivity contribution in [3.63, 3.8) is 0 Å². The molecule has 8 nitrogen and oxygen atoms in total. The molecule has 1 atom stereocenters. The Bertz CT molecular complexity index is 1380. The van der Waals surface area contributed by atoms with E-state index in [4.69, 9.17) is 10.7 Å². The van der Waals surface area contributed by atoms with Gasteiger partial charge in [0.15, 0.2) is 5.52 Å². The smallest absolute Gasteiger partial charge is 0.280 e. The van der Waals surface area contributed by atoms with Gasteiger partial charge in [0.2, 0.25) is 0 Å². The lowest BCUT2D eigenvalue weighted by Gasteiger charge is -2.35. The van der Waals surface area contributed by atoms with Crippen LogP contribution in [-0.4, -0.2) is 43.4 Å². The van der Waals surface area contributed by atoms with Gasteiger partial charge in [0, 0.05) is 12.1 Å². The average Bonchev–Trinajstić information content (AvgIpc) is 2.89. The minimum absolute atomic E-state index is 0.0341. The molecule has 0 saturated heterocycles. The van der Waals surface area contributed by atoms with Crippen LogP contribution in [0.3, 0.4) is 0 Å². The molecule has 0 aliphatic carbocycles. The van der Waals surface area contributed by atoms with Crippen molar-refractivity contribution >= 4 is 16.9 Å². The van der Waals surface area contributed by atoms with Crippen LogP contribution in [0.25, 0.3) is 11.0 Å². The van der Waals surface area contributed by atoms with E-state index < -0.39 is 6.04 Å². The van der Waals surface area contributed by atoms with Gasteiger partial charge >= 0.3 is 0 Å². The maximum atomic E-state index is 13.8. The van der Waals surface area contributed by atoms with Gasteiger partial charge in [0.25, 0.3) is 11.5 Å². The molecule has 1 unspecified atom stereocenters. The number of benzene rings is 2. The summed E-state index contributed by atoms with van der Waals surface area (Å²) in [4.78, 5) is 42.5. The summed E-state index contributed by atoms with van der Waals surface area (Å²) < 4.78 is 1.65. The van der Waals surface area contributed by atoms with Gasteiger partial charge in [0.05, 0.1) is 18.8 Å². The van der Waals surface area contributed by atoms with Crippen LogP contribution in [0.2, 0.25) is 0 Å². The van der Waals surface area contributed by atoms with Gasteiger partial charge < -0.3 is 10.6 Å².